The number of hydrogen-bond donors (Lipinski definition) is 0. The number of benzene rings is 1. The SMILES string of the molecule is COC(=O)CCN(C(C)=O)c1ccccc1[N+](=O)[O-]. The van der Waals surface area contributed by atoms with Gasteiger partial charge in [-0.15, -0.1) is 0 Å². The number of nitrogens with zero attached hydrogens (tertiary/aromatic N) is 2. The topological polar surface area (TPSA) is 89.8 Å². The van der Waals surface area contributed by atoms with Crippen LogP contribution in [0, 0.1) is 10.1 Å². The predicted molar refractivity (Wildman–Crippen MR) is 67.8 cm³/mol. The van der Waals surface area contributed by atoms with Gasteiger partial charge >= 0.3 is 5.97 Å². The Morgan fingerprint density at radius 1 is 1.37 bits per heavy atom. The van der Waals surface area contributed by atoms with Crippen molar-refractivity contribution < 1.29 is 19.2 Å². The minimum atomic E-state index is -0.566. The number of esters is 1. The molecular formula is C12H14N2O5. The van der Waals surface area contributed by atoms with Gasteiger partial charge in [0.2, 0.25) is 5.91 Å². The summed E-state index contributed by atoms with van der Waals surface area (Å²) >= 11 is 0. The second-order valence-corrected chi connectivity index (χ2v) is 3.74. The van der Waals surface area contributed by atoms with Crippen LogP contribution in [0.1, 0.15) is 13.3 Å². The van der Waals surface area contributed by atoms with E-state index in [1.165, 1.54) is 37.1 Å². The lowest BCUT2D eigenvalue weighted by Gasteiger charge is -2.20. The molecule has 0 N–H and O–H groups in total. The van der Waals surface area contributed by atoms with Gasteiger partial charge in [0.15, 0.2) is 0 Å². The Morgan fingerprint density at radius 2 is 2.00 bits per heavy atom. The smallest absolute Gasteiger partial charge is 0.307 e. The molecule has 0 bridgehead atoms. The normalized spacial score (nSPS) is 9.79. The molecular weight excluding hydrogens is 252 g/mol. The minimum Gasteiger partial charge on any atom is -0.469 e. The maximum atomic E-state index is 11.6. The van der Waals surface area contributed by atoms with Crippen LogP contribution in [0.2, 0.25) is 0 Å². The van der Waals surface area contributed by atoms with Gasteiger partial charge in [-0.25, -0.2) is 0 Å². The molecule has 0 radical (unpaired) electrons. The van der Waals surface area contributed by atoms with Crippen LogP contribution in [0.25, 0.3) is 0 Å². The van der Waals surface area contributed by atoms with Crippen LogP contribution in [0.5, 0.6) is 0 Å². The van der Waals surface area contributed by atoms with Crippen molar-refractivity contribution in [2.75, 3.05) is 18.6 Å². The van der Waals surface area contributed by atoms with E-state index in [-0.39, 0.29) is 30.2 Å². The van der Waals surface area contributed by atoms with Crippen LogP contribution in [-0.4, -0.2) is 30.5 Å². The van der Waals surface area contributed by atoms with E-state index < -0.39 is 10.9 Å². The summed E-state index contributed by atoms with van der Waals surface area (Å²) in [4.78, 5) is 34.2. The molecule has 0 saturated heterocycles. The fourth-order valence-corrected chi connectivity index (χ4v) is 1.60. The second kappa shape index (κ2) is 6.48. The number of hydrogen-bond acceptors (Lipinski definition) is 5. The third-order valence-corrected chi connectivity index (χ3v) is 2.52. The molecule has 0 aliphatic carbocycles. The summed E-state index contributed by atoms with van der Waals surface area (Å²) in [5.41, 5.74) is -0.00790. The summed E-state index contributed by atoms with van der Waals surface area (Å²) < 4.78 is 4.48. The van der Waals surface area contributed by atoms with Crippen LogP contribution in [0.3, 0.4) is 0 Å². The van der Waals surface area contributed by atoms with Crippen molar-refractivity contribution in [2.24, 2.45) is 0 Å². The highest BCUT2D eigenvalue weighted by Crippen LogP contribution is 2.27. The Hall–Kier alpha value is -2.44. The first-order valence-corrected chi connectivity index (χ1v) is 5.55. The Labute approximate surface area is 109 Å². The number of nitro benzene ring substituents is 1. The lowest BCUT2D eigenvalue weighted by atomic mass is 10.2. The van der Waals surface area contributed by atoms with Crippen molar-refractivity contribution in [3.8, 4) is 0 Å². The van der Waals surface area contributed by atoms with Crippen LogP contribution < -0.4 is 4.90 Å². The number of amides is 1. The first kappa shape index (κ1) is 14.6. The maximum absolute atomic E-state index is 11.6. The molecule has 0 spiro atoms. The van der Waals surface area contributed by atoms with Gasteiger partial charge < -0.3 is 9.64 Å². The average molecular weight is 266 g/mol. The van der Waals surface area contributed by atoms with E-state index in [2.05, 4.69) is 4.74 Å². The van der Waals surface area contributed by atoms with E-state index >= 15 is 0 Å². The van der Waals surface area contributed by atoms with Gasteiger partial charge in [0.1, 0.15) is 5.69 Å². The molecule has 1 rings (SSSR count). The van der Waals surface area contributed by atoms with Crippen molar-refractivity contribution in [1.29, 1.82) is 0 Å². The minimum absolute atomic E-state index is 0.0257. The van der Waals surface area contributed by atoms with Crippen LogP contribution in [0.4, 0.5) is 11.4 Å². The standard InChI is InChI=1S/C12H14N2O5/c1-9(15)13(8-7-12(16)19-2)10-5-3-4-6-11(10)14(17)18/h3-6H,7-8H2,1-2H3. The molecule has 1 amide bonds. The van der Waals surface area contributed by atoms with Crippen molar-refractivity contribution in [3.05, 3.63) is 34.4 Å². The first-order chi connectivity index (χ1) is 8.97. The largest absolute Gasteiger partial charge is 0.469 e. The van der Waals surface area contributed by atoms with Gasteiger partial charge in [-0.1, -0.05) is 12.1 Å². The molecule has 0 aromatic heterocycles. The van der Waals surface area contributed by atoms with Crippen molar-refractivity contribution in [1.82, 2.24) is 0 Å². The van der Waals surface area contributed by atoms with Crippen molar-refractivity contribution in [3.63, 3.8) is 0 Å². The van der Waals surface area contributed by atoms with E-state index in [4.69, 9.17) is 0 Å². The molecule has 0 saturated carbocycles. The van der Waals surface area contributed by atoms with Crippen LogP contribution >= 0.6 is 0 Å². The fourth-order valence-electron chi connectivity index (χ4n) is 1.60. The fraction of sp³-hybridized carbons (Fsp3) is 0.333. The molecule has 0 aliphatic heterocycles. The van der Waals surface area contributed by atoms with Gasteiger partial charge in [0, 0.05) is 19.5 Å². The predicted octanol–water partition coefficient (Wildman–Crippen LogP) is 1.51. The Balaban J connectivity index is 3.03. The highest BCUT2D eigenvalue weighted by Gasteiger charge is 2.22. The van der Waals surface area contributed by atoms with E-state index in [0.717, 1.165) is 0 Å². The summed E-state index contributed by atoms with van der Waals surface area (Å²) in [6.45, 7) is 1.32. The average Bonchev–Trinajstić information content (AvgIpc) is 2.38. The number of anilines is 1. The van der Waals surface area contributed by atoms with Gasteiger partial charge in [-0.3, -0.25) is 19.7 Å². The number of ether oxygens (including phenoxy) is 1. The number of carbonyl (C=O) groups excluding carboxylic acids is 2. The molecule has 0 aliphatic rings. The zero-order valence-electron chi connectivity index (χ0n) is 10.7. The van der Waals surface area contributed by atoms with E-state index in [9.17, 15) is 19.7 Å². The molecule has 0 unspecified atom stereocenters. The summed E-state index contributed by atoms with van der Waals surface area (Å²) in [5, 5.41) is 10.9. The number of nitro groups is 1. The molecule has 0 atom stereocenters. The number of methoxy groups -OCH3 is 1. The highest BCUT2D eigenvalue weighted by atomic mass is 16.6. The summed E-state index contributed by atoms with van der Waals surface area (Å²) in [7, 11) is 1.24. The molecule has 102 valence electrons. The third kappa shape index (κ3) is 3.77. The Morgan fingerprint density at radius 3 is 2.53 bits per heavy atom. The van der Waals surface area contributed by atoms with E-state index in [0.29, 0.717) is 0 Å². The third-order valence-electron chi connectivity index (χ3n) is 2.52. The Bertz CT molecular complexity index is 501. The molecule has 7 nitrogen and oxygen atoms in total. The molecule has 1 aromatic carbocycles. The Kier molecular flexibility index (Phi) is 4.99. The number of para-hydroxylation sites is 2. The zero-order valence-corrected chi connectivity index (χ0v) is 10.7. The van der Waals surface area contributed by atoms with Crippen LogP contribution in [0.15, 0.2) is 24.3 Å². The van der Waals surface area contributed by atoms with Gasteiger partial charge in [-0.05, 0) is 6.07 Å². The molecule has 1 aromatic rings. The number of carbonyl (C=O) groups is 2. The second-order valence-electron chi connectivity index (χ2n) is 3.74. The number of rotatable bonds is 5. The van der Waals surface area contributed by atoms with Gasteiger partial charge in [0.05, 0.1) is 18.5 Å². The van der Waals surface area contributed by atoms with Gasteiger partial charge in [0.25, 0.3) is 5.69 Å². The van der Waals surface area contributed by atoms with Crippen LogP contribution in [-0.2, 0) is 14.3 Å². The molecule has 19 heavy (non-hydrogen) atoms. The van der Waals surface area contributed by atoms with Crippen molar-refractivity contribution in [2.45, 2.75) is 13.3 Å². The quantitative estimate of drug-likeness (QED) is 0.457. The molecule has 0 fully saturated rings. The first-order valence-electron chi connectivity index (χ1n) is 5.55. The summed E-state index contributed by atoms with van der Waals surface area (Å²) in [6.07, 6.45) is -0.0257. The highest BCUT2D eigenvalue weighted by molar-refractivity contribution is 5.94. The van der Waals surface area contributed by atoms with Gasteiger partial charge in [-0.2, -0.15) is 0 Å². The lowest BCUT2D eigenvalue weighted by Crippen LogP contribution is -2.31. The maximum Gasteiger partial charge on any atom is 0.307 e. The van der Waals surface area contributed by atoms with E-state index in [1.54, 1.807) is 6.07 Å². The van der Waals surface area contributed by atoms with E-state index in [1.807, 2.05) is 0 Å². The zero-order chi connectivity index (χ0) is 14.4. The monoisotopic (exact) mass is 266 g/mol. The molecule has 7 heteroatoms. The summed E-state index contributed by atoms with van der Waals surface area (Å²) in [6, 6.07) is 5.89. The lowest BCUT2D eigenvalue weighted by molar-refractivity contribution is -0.384. The molecule has 0 heterocycles. The summed E-state index contributed by atoms with van der Waals surface area (Å²) in [5.74, 6) is -0.858. The van der Waals surface area contributed by atoms with Crippen molar-refractivity contribution >= 4 is 23.3 Å².